The van der Waals surface area contributed by atoms with E-state index in [4.69, 9.17) is 9.47 Å². The van der Waals surface area contributed by atoms with Gasteiger partial charge >= 0.3 is 0 Å². The van der Waals surface area contributed by atoms with E-state index in [1.807, 2.05) is 34.1 Å². The number of carbonyl (C=O) groups is 1. The molecule has 1 aliphatic rings. The van der Waals surface area contributed by atoms with Crippen LogP contribution >= 0.6 is 0 Å². The quantitative estimate of drug-likeness (QED) is 0.781. The van der Waals surface area contributed by atoms with Crippen molar-refractivity contribution in [2.24, 2.45) is 0 Å². The van der Waals surface area contributed by atoms with Crippen molar-refractivity contribution in [3.05, 3.63) is 53.8 Å². The number of halogens is 1. The summed E-state index contributed by atoms with van der Waals surface area (Å²) in [5, 5.41) is 0. The molecule has 1 fully saturated rings. The normalized spacial score (nSPS) is 14.2. The van der Waals surface area contributed by atoms with Gasteiger partial charge in [-0.3, -0.25) is 4.79 Å². The molecule has 0 atom stereocenters. The van der Waals surface area contributed by atoms with E-state index in [1.165, 1.54) is 6.07 Å². The number of ether oxygens (including phenoxy) is 2. The van der Waals surface area contributed by atoms with E-state index in [0.717, 1.165) is 17.1 Å². The van der Waals surface area contributed by atoms with Gasteiger partial charge in [0.25, 0.3) is 0 Å². The molecule has 2 aromatic rings. The number of para-hydroxylation sites is 1. The Kier molecular flexibility index (Phi) is 6.16. The Labute approximate surface area is 159 Å². The Balaban J connectivity index is 1.55. The molecule has 0 bridgehead atoms. The Bertz CT molecular complexity index is 789. The average molecular weight is 372 g/mol. The number of piperazine rings is 1. The molecule has 0 N–H and O–H groups in total. The second-order valence-corrected chi connectivity index (χ2v) is 6.50. The first-order valence-electron chi connectivity index (χ1n) is 9.10. The Morgan fingerprint density at radius 1 is 1.04 bits per heavy atom. The molecule has 1 aliphatic heterocycles. The van der Waals surface area contributed by atoms with Gasteiger partial charge < -0.3 is 19.3 Å². The molecule has 1 amide bonds. The fraction of sp³-hybridized carbons (Fsp3) is 0.381. The van der Waals surface area contributed by atoms with Gasteiger partial charge in [0.2, 0.25) is 5.91 Å². The average Bonchev–Trinajstić information content (AvgIpc) is 2.72. The van der Waals surface area contributed by atoms with Crippen LogP contribution in [-0.4, -0.2) is 51.2 Å². The second kappa shape index (κ2) is 8.75. The fourth-order valence-electron chi connectivity index (χ4n) is 3.38. The maximum atomic E-state index is 13.9. The van der Waals surface area contributed by atoms with Crippen LogP contribution in [0, 0.1) is 5.82 Å². The Hall–Kier alpha value is -2.76. The van der Waals surface area contributed by atoms with Gasteiger partial charge in [0, 0.05) is 32.6 Å². The van der Waals surface area contributed by atoms with Crippen molar-refractivity contribution in [2.75, 3.05) is 45.3 Å². The first-order valence-corrected chi connectivity index (χ1v) is 9.10. The minimum absolute atomic E-state index is 0.105. The van der Waals surface area contributed by atoms with Crippen LogP contribution in [0.2, 0.25) is 0 Å². The van der Waals surface area contributed by atoms with Crippen LogP contribution in [0.1, 0.15) is 12.0 Å². The molecule has 0 aromatic heterocycles. The summed E-state index contributed by atoms with van der Waals surface area (Å²) in [4.78, 5) is 16.4. The molecule has 2 aromatic carbocycles. The Morgan fingerprint density at radius 3 is 2.44 bits per heavy atom. The van der Waals surface area contributed by atoms with Crippen molar-refractivity contribution >= 4 is 11.6 Å². The van der Waals surface area contributed by atoms with Crippen LogP contribution in [0.4, 0.5) is 10.1 Å². The number of benzene rings is 2. The van der Waals surface area contributed by atoms with Gasteiger partial charge in [-0.2, -0.15) is 0 Å². The summed E-state index contributed by atoms with van der Waals surface area (Å²) in [6.07, 6.45) is 0.996. The van der Waals surface area contributed by atoms with Crippen LogP contribution in [0.25, 0.3) is 0 Å². The molecule has 1 heterocycles. The molecule has 27 heavy (non-hydrogen) atoms. The van der Waals surface area contributed by atoms with Crippen molar-refractivity contribution in [2.45, 2.75) is 12.8 Å². The van der Waals surface area contributed by atoms with Gasteiger partial charge in [-0.05, 0) is 42.3 Å². The molecular weight excluding hydrogens is 347 g/mol. The zero-order valence-corrected chi connectivity index (χ0v) is 15.8. The van der Waals surface area contributed by atoms with E-state index in [1.54, 1.807) is 26.4 Å². The molecule has 6 heteroatoms. The number of nitrogens with zero attached hydrogens (tertiary/aromatic N) is 2. The topological polar surface area (TPSA) is 42.0 Å². The zero-order chi connectivity index (χ0) is 19.2. The molecule has 0 spiro atoms. The number of methoxy groups -OCH3 is 2. The zero-order valence-electron chi connectivity index (χ0n) is 15.8. The minimum Gasteiger partial charge on any atom is -0.497 e. The molecule has 3 rings (SSSR count). The van der Waals surface area contributed by atoms with Crippen LogP contribution in [0.5, 0.6) is 11.5 Å². The number of anilines is 1. The largest absolute Gasteiger partial charge is 0.497 e. The van der Waals surface area contributed by atoms with Gasteiger partial charge in [0.05, 0.1) is 19.9 Å². The van der Waals surface area contributed by atoms with E-state index in [-0.39, 0.29) is 11.7 Å². The summed E-state index contributed by atoms with van der Waals surface area (Å²) < 4.78 is 24.6. The summed E-state index contributed by atoms with van der Waals surface area (Å²) in [5.41, 5.74) is 1.56. The fourth-order valence-corrected chi connectivity index (χ4v) is 3.38. The number of aryl methyl sites for hydroxylation is 1. The van der Waals surface area contributed by atoms with Crippen molar-refractivity contribution in [3.63, 3.8) is 0 Å². The lowest BCUT2D eigenvalue weighted by Gasteiger charge is -2.36. The lowest BCUT2D eigenvalue weighted by atomic mass is 10.1. The standard InChI is InChI=1S/C21H25FN2O3/c1-26-17-8-9-20(27-2)16(15-17)7-10-21(25)24-13-11-23(12-14-24)19-6-4-3-5-18(19)22/h3-6,8-9,15H,7,10-14H2,1-2H3. The number of hydrogen-bond donors (Lipinski definition) is 0. The molecule has 5 nitrogen and oxygen atoms in total. The summed E-state index contributed by atoms with van der Waals surface area (Å²) >= 11 is 0. The smallest absolute Gasteiger partial charge is 0.223 e. The lowest BCUT2D eigenvalue weighted by molar-refractivity contribution is -0.131. The van der Waals surface area contributed by atoms with E-state index < -0.39 is 0 Å². The van der Waals surface area contributed by atoms with Gasteiger partial charge in [0.1, 0.15) is 17.3 Å². The SMILES string of the molecule is COc1ccc(OC)c(CCC(=O)N2CCN(c3ccccc3F)CC2)c1. The summed E-state index contributed by atoms with van der Waals surface area (Å²) in [5.74, 6) is 1.39. The highest BCUT2D eigenvalue weighted by molar-refractivity contribution is 5.77. The van der Waals surface area contributed by atoms with Crippen molar-refractivity contribution < 1.29 is 18.7 Å². The number of carbonyl (C=O) groups excluding carboxylic acids is 1. The van der Waals surface area contributed by atoms with E-state index in [9.17, 15) is 9.18 Å². The van der Waals surface area contributed by atoms with Crippen LogP contribution < -0.4 is 14.4 Å². The predicted molar refractivity (Wildman–Crippen MR) is 103 cm³/mol. The summed E-state index contributed by atoms with van der Waals surface area (Å²) in [6.45, 7) is 2.47. The van der Waals surface area contributed by atoms with Crippen LogP contribution in [0.3, 0.4) is 0 Å². The van der Waals surface area contributed by atoms with E-state index in [0.29, 0.717) is 44.7 Å². The Morgan fingerprint density at radius 2 is 1.78 bits per heavy atom. The molecule has 0 radical (unpaired) electrons. The molecule has 144 valence electrons. The highest BCUT2D eigenvalue weighted by Crippen LogP contribution is 2.26. The van der Waals surface area contributed by atoms with Crippen molar-refractivity contribution in [1.82, 2.24) is 4.90 Å². The first kappa shape index (κ1) is 19.0. The number of rotatable bonds is 6. The predicted octanol–water partition coefficient (Wildman–Crippen LogP) is 3.12. The highest BCUT2D eigenvalue weighted by atomic mass is 19.1. The lowest BCUT2D eigenvalue weighted by Crippen LogP contribution is -2.49. The van der Waals surface area contributed by atoms with Gasteiger partial charge in [-0.25, -0.2) is 4.39 Å². The van der Waals surface area contributed by atoms with Crippen LogP contribution in [-0.2, 0) is 11.2 Å². The third-order valence-electron chi connectivity index (χ3n) is 4.92. The summed E-state index contributed by atoms with van der Waals surface area (Å²) in [7, 11) is 3.24. The van der Waals surface area contributed by atoms with Gasteiger partial charge in [0.15, 0.2) is 0 Å². The molecular formula is C21H25FN2O3. The summed E-state index contributed by atoms with van der Waals surface area (Å²) in [6, 6.07) is 12.4. The van der Waals surface area contributed by atoms with Gasteiger partial charge in [-0.1, -0.05) is 12.1 Å². The third-order valence-corrected chi connectivity index (χ3v) is 4.92. The number of amides is 1. The monoisotopic (exact) mass is 372 g/mol. The molecule has 0 saturated carbocycles. The first-order chi connectivity index (χ1) is 13.1. The molecule has 0 aliphatic carbocycles. The highest BCUT2D eigenvalue weighted by Gasteiger charge is 2.22. The van der Waals surface area contributed by atoms with E-state index >= 15 is 0 Å². The number of hydrogen-bond acceptors (Lipinski definition) is 4. The van der Waals surface area contributed by atoms with Crippen molar-refractivity contribution in [3.8, 4) is 11.5 Å². The third kappa shape index (κ3) is 4.51. The molecule has 0 unspecified atom stereocenters. The molecule has 1 saturated heterocycles. The van der Waals surface area contributed by atoms with Crippen LogP contribution in [0.15, 0.2) is 42.5 Å². The maximum Gasteiger partial charge on any atom is 0.223 e. The van der Waals surface area contributed by atoms with Gasteiger partial charge in [-0.15, -0.1) is 0 Å². The maximum absolute atomic E-state index is 13.9. The van der Waals surface area contributed by atoms with E-state index in [2.05, 4.69) is 0 Å². The second-order valence-electron chi connectivity index (χ2n) is 6.50. The minimum atomic E-state index is -0.220. The van der Waals surface area contributed by atoms with Crippen molar-refractivity contribution in [1.29, 1.82) is 0 Å².